The fourth-order valence-corrected chi connectivity index (χ4v) is 2.92. The second-order valence-electron chi connectivity index (χ2n) is 4.26. The van der Waals surface area contributed by atoms with Crippen LogP contribution in [0, 0.1) is 5.41 Å². The van der Waals surface area contributed by atoms with Crippen molar-refractivity contribution >= 4 is 21.4 Å². The van der Waals surface area contributed by atoms with E-state index in [-0.39, 0.29) is 0 Å². The predicted molar refractivity (Wildman–Crippen MR) is 53.4 cm³/mol. The summed E-state index contributed by atoms with van der Waals surface area (Å²) in [6.45, 7) is 4.03. The van der Waals surface area contributed by atoms with Crippen molar-refractivity contribution in [2.45, 2.75) is 26.4 Å². The van der Waals surface area contributed by atoms with Crippen molar-refractivity contribution in [3.63, 3.8) is 0 Å². The summed E-state index contributed by atoms with van der Waals surface area (Å²) in [5.74, 6) is -1.62. The van der Waals surface area contributed by atoms with Gasteiger partial charge in [-0.1, -0.05) is 20.8 Å². The largest absolute Gasteiger partial charge is 0.527 e. The second-order valence-corrected chi connectivity index (χ2v) is 7.12. The van der Waals surface area contributed by atoms with Crippen molar-refractivity contribution in [2.75, 3.05) is 0 Å². The summed E-state index contributed by atoms with van der Waals surface area (Å²) in [7, 11) is -9.97. The summed E-state index contributed by atoms with van der Waals surface area (Å²) in [5.41, 5.74) is -3.11. The van der Waals surface area contributed by atoms with Crippen LogP contribution in [0.5, 0.6) is 0 Å². The zero-order valence-corrected chi connectivity index (χ0v) is 10.7. The molecule has 0 heterocycles. The van der Waals surface area contributed by atoms with Crippen molar-refractivity contribution in [1.82, 2.24) is 0 Å². The van der Waals surface area contributed by atoms with Crippen molar-refractivity contribution in [3.05, 3.63) is 0 Å². The molecule has 0 rings (SSSR count). The molecule has 0 aliphatic carbocycles. The van der Waals surface area contributed by atoms with Crippen LogP contribution in [0.25, 0.3) is 0 Å². The van der Waals surface area contributed by atoms with Crippen LogP contribution in [0.3, 0.4) is 0 Å². The lowest BCUT2D eigenvalue weighted by atomic mass is 9.92. The van der Waals surface area contributed by atoms with Crippen molar-refractivity contribution < 1.29 is 38.0 Å². The molecule has 10 heteroatoms. The Morgan fingerprint density at radius 3 is 1.69 bits per heavy atom. The molecule has 0 aromatic heterocycles. The fraction of sp³-hybridized carbons (Fsp3) is 0.833. The van der Waals surface area contributed by atoms with Crippen LogP contribution in [0.1, 0.15) is 20.8 Å². The Kier molecular flexibility index (Phi) is 4.50. The number of phosphoric acid groups is 1. The van der Waals surface area contributed by atoms with Gasteiger partial charge in [0, 0.05) is 0 Å². The van der Waals surface area contributed by atoms with Gasteiger partial charge < -0.3 is 14.3 Å². The van der Waals surface area contributed by atoms with Gasteiger partial charge >= 0.3 is 21.4 Å². The van der Waals surface area contributed by atoms with Gasteiger partial charge in [0.2, 0.25) is 0 Å². The molecule has 0 fully saturated rings. The van der Waals surface area contributed by atoms with Crippen LogP contribution in [0.15, 0.2) is 0 Å². The van der Waals surface area contributed by atoms with Gasteiger partial charge in [0.15, 0.2) is 5.66 Å². The zero-order valence-electron chi connectivity index (χ0n) is 8.89. The smallest absolute Gasteiger partial charge is 0.370 e. The summed E-state index contributed by atoms with van der Waals surface area (Å²) in [5, 5.41) is 0. The Morgan fingerprint density at radius 2 is 1.50 bits per heavy atom. The van der Waals surface area contributed by atoms with Gasteiger partial charge in [0.1, 0.15) is 0 Å². The maximum absolute atomic E-state index is 11.2. The SMILES string of the molecule is CC(C)(C)C(C(=O)OP(=O)(O)O)P(=O)(O)O. The van der Waals surface area contributed by atoms with Gasteiger partial charge in [0.25, 0.3) is 0 Å². The van der Waals surface area contributed by atoms with E-state index in [1.807, 2.05) is 0 Å². The Bertz CT molecular complexity index is 357. The Morgan fingerprint density at radius 1 is 1.12 bits per heavy atom. The maximum atomic E-state index is 11.2. The van der Waals surface area contributed by atoms with E-state index < -0.39 is 32.5 Å². The molecule has 0 aromatic carbocycles. The van der Waals surface area contributed by atoms with Gasteiger partial charge in [-0.2, -0.15) is 0 Å². The highest BCUT2D eigenvalue weighted by atomic mass is 31.2. The van der Waals surface area contributed by atoms with E-state index in [0.717, 1.165) is 0 Å². The maximum Gasteiger partial charge on any atom is 0.527 e. The summed E-state index contributed by atoms with van der Waals surface area (Å²) in [6.07, 6.45) is 0. The molecule has 0 bridgehead atoms. The third-order valence-corrected chi connectivity index (χ3v) is 3.66. The normalized spacial score (nSPS) is 15.7. The highest BCUT2D eigenvalue weighted by Crippen LogP contribution is 2.52. The number of carbonyl (C=O) groups excluding carboxylic acids is 1. The molecule has 1 unspecified atom stereocenters. The first-order valence-corrected chi connectivity index (χ1v) is 7.30. The predicted octanol–water partition coefficient (Wildman–Crippen LogP) is 0.215. The lowest BCUT2D eigenvalue weighted by molar-refractivity contribution is -0.137. The molecule has 96 valence electrons. The molecule has 0 saturated carbocycles. The van der Waals surface area contributed by atoms with Crippen molar-refractivity contribution in [2.24, 2.45) is 5.41 Å². The van der Waals surface area contributed by atoms with Crippen LogP contribution >= 0.6 is 15.4 Å². The highest BCUT2D eigenvalue weighted by molar-refractivity contribution is 7.54. The summed E-state index contributed by atoms with van der Waals surface area (Å²) in [4.78, 5) is 45.9. The molecule has 0 aromatic rings. The molecule has 0 radical (unpaired) electrons. The number of phosphoric ester groups is 1. The average Bonchev–Trinajstić information content (AvgIpc) is 1.70. The van der Waals surface area contributed by atoms with Gasteiger partial charge in [-0.25, -0.2) is 4.57 Å². The van der Waals surface area contributed by atoms with E-state index in [4.69, 9.17) is 19.6 Å². The summed E-state index contributed by atoms with van der Waals surface area (Å²) in [6, 6.07) is 0. The van der Waals surface area contributed by atoms with E-state index in [0.29, 0.717) is 0 Å². The first-order chi connectivity index (χ1) is 6.75. The van der Waals surface area contributed by atoms with Crippen molar-refractivity contribution in [3.8, 4) is 0 Å². The zero-order chi connectivity index (χ0) is 13.4. The Labute approximate surface area is 92.0 Å². The van der Waals surface area contributed by atoms with Gasteiger partial charge in [-0.15, -0.1) is 0 Å². The van der Waals surface area contributed by atoms with E-state index >= 15 is 0 Å². The molecule has 0 saturated heterocycles. The quantitative estimate of drug-likeness (QED) is 0.536. The molecule has 4 N–H and O–H groups in total. The van der Waals surface area contributed by atoms with Gasteiger partial charge in [0.05, 0.1) is 0 Å². The van der Waals surface area contributed by atoms with Crippen LogP contribution in [0.2, 0.25) is 0 Å². The molecule has 0 aliphatic rings. The first kappa shape index (κ1) is 15.8. The Balaban J connectivity index is 5.18. The molecular formula is C6H14O8P2. The molecule has 1 atom stereocenters. The lowest BCUT2D eigenvalue weighted by Crippen LogP contribution is -2.35. The molecule has 8 nitrogen and oxygen atoms in total. The van der Waals surface area contributed by atoms with Crippen molar-refractivity contribution in [1.29, 1.82) is 0 Å². The minimum absolute atomic E-state index is 1.19. The molecule has 0 amide bonds. The third kappa shape index (κ3) is 5.21. The van der Waals surface area contributed by atoms with Gasteiger partial charge in [-0.3, -0.25) is 19.1 Å². The molecule has 0 aliphatic heterocycles. The average molecular weight is 276 g/mol. The third-order valence-electron chi connectivity index (χ3n) is 1.59. The molecular weight excluding hydrogens is 262 g/mol. The lowest BCUT2D eigenvalue weighted by Gasteiger charge is -2.28. The standard InChI is InChI=1S/C6H14O8P2/c1-6(2,3)4(15(8,9)10)5(7)14-16(11,12)13/h4H,1-3H3,(H2,8,9,10)(H2,11,12,13). The van der Waals surface area contributed by atoms with Crippen LogP contribution < -0.4 is 0 Å². The number of hydrogen-bond acceptors (Lipinski definition) is 4. The van der Waals surface area contributed by atoms with Gasteiger partial charge in [-0.05, 0) is 5.41 Å². The van der Waals surface area contributed by atoms with Crippen LogP contribution in [-0.2, 0) is 18.4 Å². The van der Waals surface area contributed by atoms with E-state index in [1.165, 1.54) is 20.8 Å². The first-order valence-electron chi connectivity index (χ1n) is 4.09. The summed E-state index contributed by atoms with van der Waals surface area (Å²) >= 11 is 0. The topological polar surface area (TPSA) is 141 Å². The van der Waals surface area contributed by atoms with E-state index in [1.54, 1.807) is 0 Å². The minimum atomic E-state index is -5.11. The van der Waals surface area contributed by atoms with E-state index in [9.17, 15) is 13.9 Å². The second kappa shape index (κ2) is 4.56. The van der Waals surface area contributed by atoms with E-state index in [2.05, 4.69) is 4.52 Å². The van der Waals surface area contributed by atoms with Crippen LogP contribution in [0.4, 0.5) is 0 Å². The monoisotopic (exact) mass is 276 g/mol. The minimum Gasteiger partial charge on any atom is -0.370 e. The fourth-order valence-electron chi connectivity index (χ4n) is 1.16. The van der Waals surface area contributed by atoms with Crippen LogP contribution in [-0.4, -0.2) is 31.2 Å². The Hall–Kier alpha value is -0.230. The molecule has 0 spiro atoms. The number of carbonyl (C=O) groups is 1. The molecule has 16 heavy (non-hydrogen) atoms. The highest BCUT2D eigenvalue weighted by Gasteiger charge is 2.47. The number of rotatable bonds is 3. The number of hydrogen-bond donors (Lipinski definition) is 4. The summed E-state index contributed by atoms with van der Waals surface area (Å²) < 4.78 is 25.1.